The van der Waals surface area contributed by atoms with Crippen LogP contribution in [0.5, 0.6) is 0 Å². The van der Waals surface area contributed by atoms with E-state index in [2.05, 4.69) is 12.2 Å². The summed E-state index contributed by atoms with van der Waals surface area (Å²) >= 11 is 0. The van der Waals surface area contributed by atoms with Gasteiger partial charge in [-0.25, -0.2) is 0 Å². The minimum absolute atomic E-state index is 0. The van der Waals surface area contributed by atoms with E-state index >= 15 is 0 Å². The number of nitrogens with two attached hydrogens (primary N) is 1. The minimum Gasteiger partial charge on any atom is -0.396 e. The van der Waals surface area contributed by atoms with E-state index in [1.807, 2.05) is 30.3 Å². The van der Waals surface area contributed by atoms with Crippen molar-refractivity contribution >= 4 is 18.3 Å². The molecule has 0 aliphatic carbocycles. The maximum Gasteiger partial charge on any atom is 0.237 e. The zero-order valence-corrected chi connectivity index (χ0v) is 12.7. The van der Waals surface area contributed by atoms with E-state index in [1.54, 1.807) is 0 Å². The fourth-order valence-electron chi connectivity index (χ4n) is 1.97. The Morgan fingerprint density at radius 3 is 2.55 bits per heavy atom. The molecule has 0 saturated heterocycles. The second kappa shape index (κ2) is 10.7. The highest BCUT2D eigenvalue weighted by Crippen LogP contribution is 2.06. The Balaban J connectivity index is 0.00000361. The number of hydrogen-bond donors (Lipinski definition) is 3. The van der Waals surface area contributed by atoms with Gasteiger partial charge >= 0.3 is 0 Å². The Bertz CT molecular complexity index is 373. The van der Waals surface area contributed by atoms with Gasteiger partial charge in [0.25, 0.3) is 0 Å². The van der Waals surface area contributed by atoms with Crippen LogP contribution in [0.25, 0.3) is 0 Å². The maximum atomic E-state index is 11.9. The molecule has 0 aliphatic heterocycles. The van der Waals surface area contributed by atoms with Gasteiger partial charge in [0.05, 0.1) is 6.04 Å². The first kappa shape index (κ1) is 18.9. The van der Waals surface area contributed by atoms with Gasteiger partial charge in [-0.1, -0.05) is 43.7 Å². The highest BCUT2D eigenvalue weighted by molar-refractivity contribution is 5.85. The molecular weight excluding hydrogens is 276 g/mol. The quantitative estimate of drug-likeness (QED) is 0.681. The van der Waals surface area contributed by atoms with Crippen molar-refractivity contribution in [1.29, 1.82) is 0 Å². The molecule has 1 rings (SSSR count). The third-order valence-electron chi connectivity index (χ3n) is 3.31. The summed E-state index contributed by atoms with van der Waals surface area (Å²) in [4.78, 5) is 11.9. The molecule has 1 unspecified atom stereocenters. The van der Waals surface area contributed by atoms with Crippen molar-refractivity contribution in [2.75, 3.05) is 13.2 Å². The van der Waals surface area contributed by atoms with Gasteiger partial charge in [0.15, 0.2) is 0 Å². The summed E-state index contributed by atoms with van der Waals surface area (Å²) in [5.74, 6) is 0.193. The molecule has 114 valence electrons. The lowest BCUT2D eigenvalue weighted by Gasteiger charge is -2.17. The van der Waals surface area contributed by atoms with Gasteiger partial charge < -0.3 is 16.2 Å². The molecule has 5 heteroatoms. The SMILES string of the molecule is CCC(CCO)CNC(=O)[C@@H](N)Cc1ccccc1.Cl. The Labute approximate surface area is 127 Å². The number of carbonyl (C=O) groups is 1. The van der Waals surface area contributed by atoms with Crippen LogP contribution < -0.4 is 11.1 Å². The van der Waals surface area contributed by atoms with Crippen LogP contribution in [0.4, 0.5) is 0 Å². The molecule has 0 aromatic heterocycles. The smallest absolute Gasteiger partial charge is 0.237 e. The van der Waals surface area contributed by atoms with E-state index in [4.69, 9.17) is 10.8 Å². The monoisotopic (exact) mass is 300 g/mol. The molecule has 1 amide bonds. The second-order valence-corrected chi connectivity index (χ2v) is 4.83. The number of nitrogens with one attached hydrogen (secondary N) is 1. The first-order valence-corrected chi connectivity index (χ1v) is 6.85. The van der Waals surface area contributed by atoms with Gasteiger partial charge in [-0.2, -0.15) is 0 Å². The maximum absolute atomic E-state index is 11.9. The number of benzene rings is 1. The zero-order chi connectivity index (χ0) is 14.1. The summed E-state index contributed by atoms with van der Waals surface area (Å²) in [5.41, 5.74) is 6.95. The van der Waals surface area contributed by atoms with Gasteiger partial charge in [0, 0.05) is 13.2 Å². The normalized spacial score (nSPS) is 13.2. The van der Waals surface area contributed by atoms with Crippen LogP contribution >= 0.6 is 12.4 Å². The molecule has 0 spiro atoms. The molecule has 0 saturated carbocycles. The number of aliphatic hydroxyl groups excluding tert-OH is 1. The van der Waals surface area contributed by atoms with Crippen molar-refractivity contribution in [3.63, 3.8) is 0 Å². The Hall–Kier alpha value is -1.10. The highest BCUT2D eigenvalue weighted by Gasteiger charge is 2.15. The average molecular weight is 301 g/mol. The second-order valence-electron chi connectivity index (χ2n) is 4.83. The Kier molecular flexibility index (Phi) is 10.1. The number of amides is 1. The van der Waals surface area contributed by atoms with E-state index in [0.717, 1.165) is 12.0 Å². The number of hydrogen-bond acceptors (Lipinski definition) is 3. The van der Waals surface area contributed by atoms with Crippen LogP contribution in [0.1, 0.15) is 25.3 Å². The van der Waals surface area contributed by atoms with Crippen LogP contribution in [-0.4, -0.2) is 30.2 Å². The van der Waals surface area contributed by atoms with E-state index in [0.29, 0.717) is 25.3 Å². The number of carbonyl (C=O) groups excluding carboxylic acids is 1. The Morgan fingerprint density at radius 1 is 1.35 bits per heavy atom. The lowest BCUT2D eigenvalue weighted by molar-refractivity contribution is -0.122. The van der Waals surface area contributed by atoms with Crippen LogP contribution in [0.2, 0.25) is 0 Å². The van der Waals surface area contributed by atoms with E-state index in [1.165, 1.54) is 0 Å². The summed E-state index contributed by atoms with van der Waals surface area (Å²) in [6, 6.07) is 9.23. The third kappa shape index (κ3) is 6.89. The third-order valence-corrected chi connectivity index (χ3v) is 3.31. The van der Waals surface area contributed by atoms with Gasteiger partial charge in [-0.05, 0) is 24.3 Å². The Morgan fingerprint density at radius 2 is 2.00 bits per heavy atom. The van der Waals surface area contributed by atoms with Crippen LogP contribution in [0, 0.1) is 5.92 Å². The number of aliphatic hydroxyl groups is 1. The molecule has 4 N–H and O–H groups in total. The highest BCUT2D eigenvalue weighted by atomic mass is 35.5. The fourth-order valence-corrected chi connectivity index (χ4v) is 1.97. The molecule has 0 heterocycles. The van der Waals surface area contributed by atoms with Gasteiger partial charge in [0.2, 0.25) is 5.91 Å². The largest absolute Gasteiger partial charge is 0.396 e. The molecule has 0 radical (unpaired) electrons. The zero-order valence-electron chi connectivity index (χ0n) is 11.9. The van der Waals surface area contributed by atoms with E-state index in [-0.39, 0.29) is 24.9 Å². The van der Waals surface area contributed by atoms with Crippen molar-refractivity contribution in [1.82, 2.24) is 5.32 Å². The summed E-state index contributed by atoms with van der Waals surface area (Å²) in [5, 5.41) is 11.8. The van der Waals surface area contributed by atoms with Crippen LogP contribution in [-0.2, 0) is 11.2 Å². The summed E-state index contributed by atoms with van der Waals surface area (Å²) in [6.45, 7) is 2.79. The molecule has 0 bridgehead atoms. The fraction of sp³-hybridized carbons (Fsp3) is 0.533. The van der Waals surface area contributed by atoms with Gasteiger partial charge in [-0.15, -0.1) is 12.4 Å². The van der Waals surface area contributed by atoms with Crippen LogP contribution in [0.15, 0.2) is 30.3 Å². The van der Waals surface area contributed by atoms with Crippen molar-refractivity contribution in [3.8, 4) is 0 Å². The molecular formula is C15H25ClN2O2. The van der Waals surface area contributed by atoms with Crippen molar-refractivity contribution < 1.29 is 9.90 Å². The molecule has 0 fully saturated rings. The average Bonchev–Trinajstić information content (AvgIpc) is 2.44. The molecule has 2 atom stereocenters. The standard InChI is InChI=1S/C15H24N2O2.ClH/c1-2-12(8-9-18)11-17-15(19)14(16)10-13-6-4-3-5-7-13;/h3-7,12,14,18H,2,8-11,16H2,1H3,(H,17,19);1H/t12?,14-;/m0./s1. The molecule has 0 aliphatic rings. The van der Waals surface area contributed by atoms with Crippen LogP contribution in [0.3, 0.4) is 0 Å². The summed E-state index contributed by atoms with van der Waals surface area (Å²) < 4.78 is 0. The summed E-state index contributed by atoms with van der Waals surface area (Å²) in [7, 11) is 0. The van der Waals surface area contributed by atoms with Gasteiger partial charge in [-0.3, -0.25) is 4.79 Å². The van der Waals surface area contributed by atoms with Crippen molar-refractivity contribution in [3.05, 3.63) is 35.9 Å². The predicted molar refractivity (Wildman–Crippen MR) is 83.9 cm³/mol. The minimum atomic E-state index is -0.519. The first-order valence-electron chi connectivity index (χ1n) is 6.85. The predicted octanol–water partition coefficient (Wildman–Crippen LogP) is 1.50. The van der Waals surface area contributed by atoms with Crippen molar-refractivity contribution in [2.24, 2.45) is 11.7 Å². The summed E-state index contributed by atoms with van der Waals surface area (Å²) in [6.07, 6.45) is 2.20. The number of rotatable bonds is 8. The van der Waals surface area contributed by atoms with Crippen molar-refractivity contribution in [2.45, 2.75) is 32.2 Å². The molecule has 4 nitrogen and oxygen atoms in total. The van der Waals surface area contributed by atoms with Gasteiger partial charge in [0.1, 0.15) is 0 Å². The lowest BCUT2D eigenvalue weighted by atomic mass is 10.0. The number of halogens is 1. The first-order chi connectivity index (χ1) is 9.17. The van der Waals surface area contributed by atoms with E-state index in [9.17, 15) is 4.79 Å². The molecule has 20 heavy (non-hydrogen) atoms. The topological polar surface area (TPSA) is 75.3 Å². The lowest BCUT2D eigenvalue weighted by Crippen LogP contribution is -2.43. The molecule has 1 aromatic rings. The molecule has 1 aromatic carbocycles. The van der Waals surface area contributed by atoms with E-state index < -0.39 is 6.04 Å².